The quantitative estimate of drug-likeness (QED) is 0.814. The zero-order valence-corrected chi connectivity index (χ0v) is 13.4. The highest BCUT2D eigenvalue weighted by molar-refractivity contribution is 9.10. The Morgan fingerprint density at radius 2 is 2.14 bits per heavy atom. The van der Waals surface area contributed by atoms with Crippen molar-refractivity contribution in [2.45, 2.75) is 18.9 Å². The fourth-order valence-corrected chi connectivity index (χ4v) is 2.88. The van der Waals surface area contributed by atoms with Crippen LogP contribution >= 0.6 is 15.9 Å². The molecule has 3 rings (SSSR count). The number of ether oxygens (including phenoxy) is 1. The molecule has 22 heavy (non-hydrogen) atoms. The number of carbonyl (C=O) groups excluding carboxylic acids is 1. The van der Waals surface area contributed by atoms with Crippen LogP contribution in [-0.4, -0.2) is 33.6 Å². The lowest BCUT2D eigenvalue weighted by atomic mass is 10.1. The summed E-state index contributed by atoms with van der Waals surface area (Å²) in [5.41, 5.74) is 0. The summed E-state index contributed by atoms with van der Waals surface area (Å²) in [6, 6.07) is 4.69. The van der Waals surface area contributed by atoms with Gasteiger partial charge in [-0.15, -0.1) is 0 Å². The maximum atomic E-state index is 13.7. The van der Waals surface area contributed by atoms with Gasteiger partial charge < -0.3 is 14.2 Å². The molecule has 0 aliphatic carbocycles. The van der Waals surface area contributed by atoms with Crippen LogP contribution in [0.2, 0.25) is 0 Å². The number of likely N-dealkylation sites (tertiary alicyclic amines) is 1. The van der Waals surface area contributed by atoms with E-state index in [1.807, 2.05) is 6.20 Å². The van der Waals surface area contributed by atoms with Crippen LogP contribution < -0.4 is 4.74 Å². The van der Waals surface area contributed by atoms with E-state index in [-0.39, 0.29) is 5.75 Å². The summed E-state index contributed by atoms with van der Waals surface area (Å²) in [5.74, 6) is -0.610. The Labute approximate surface area is 135 Å². The lowest BCUT2D eigenvalue weighted by Gasteiger charge is -2.31. The first-order chi connectivity index (χ1) is 10.6. The van der Waals surface area contributed by atoms with Gasteiger partial charge in [-0.25, -0.2) is 14.2 Å². The SMILES string of the molecule is O=C(Oc1ccc(Br)cc1F)N1CCC(n2ccnc2)CC1. The lowest BCUT2D eigenvalue weighted by molar-refractivity contribution is 0.130. The highest BCUT2D eigenvalue weighted by Gasteiger charge is 2.25. The van der Waals surface area contributed by atoms with Gasteiger partial charge >= 0.3 is 6.09 Å². The van der Waals surface area contributed by atoms with E-state index in [4.69, 9.17) is 4.74 Å². The number of nitrogens with zero attached hydrogens (tertiary/aromatic N) is 3. The summed E-state index contributed by atoms with van der Waals surface area (Å²) in [6.07, 6.45) is 6.61. The summed E-state index contributed by atoms with van der Waals surface area (Å²) in [7, 11) is 0. The second-order valence-electron chi connectivity index (χ2n) is 5.17. The average molecular weight is 368 g/mol. The Kier molecular flexibility index (Phi) is 4.42. The summed E-state index contributed by atoms with van der Waals surface area (Å²) in [4.78, 5) is 17.7. The third-order valence-electron chi connectivity index (χ3n) is 3.76. The summed E-state index contributed by atoms with van der Waals surface area (Å²) >= 11 is 3.17. The van der Waals surface area contributed by atoms with Crippen LogP contribution in [-0.2, 0) is 0 Å². The van der Waals surface area contributed by atoms with E-state index in [0.29, 0.717) is 23.6 Å². The second-order valence-corrected chi connectivity index (χ2v) is 6.09. The second kappa shape index (κ2) is 6.48. The molecule has 7 heteroatoms. The van der Waals surface area contributed by atoms with Crippen LogP contribution in [0.25, 0.3) is 0 Å². The molecule has 1 saturated heterocycles. The molecule has 1 aliphatic rings. The van der Waals surface area contributed by atoms with E-state index in [1.165, 1.54) is 12.1 Å². The largest absolute Gasteiger partial charge is 0.415 e. The van der Waals surface area contributed by atoms with E-state index in [2.05, 4.69) is 25.5 Å². The van der Waals surface area contributed by atoms with Crippen LogP contribution in [0.3, 0.4) is 0 Å². The van der Waals surface area contributed by atoms with Gasteiger partial charge in [0.05, 0.1) is 6.33 Å². The maximum Gasteiger partial charge on any atom is 0.415 e. The summed E-state index contributed by atoms with van der Waals surface area (Å²) in [6.45, 7) is 1.17. The number of carbonyl (C=O) groups is 1. The molecule has 0 atom stereocenters. The van der Waals surface area contributed by atoms with Gasteiger partial charge in [0.15, 0.2) is 11.6 Å². The number of halogens is 2. The fourth-order valence-electron chi connectivity index (χ4n) is 2.55. The summed E-state index contributed by atoms with van der Waals surface area (Å²) < 4.78 is 21.5. The molecule has 1 aromatic heterocycles. The third kappa shape index (κ3) is 3.30. The van der Waals surface area contributed by atoms with Gasteiger partial charge in [-0.3, -0.25) is 0 Å². The molecule has 1 aliphatic heterocycles. The van der Waals surface area contributed by atoms with Gasteiger partial charge in [-0.05, 0) is 31.0 Å². The smallest absolute Gasteiger partial charge is 0.407 e. The van der Waals surface area contributed by atoms with Gasteiger partial charge in [0.1, 0.15) is 0 Å². The molecular weight excluding hydrogens is 353 g/mol. The lowest BCUT2D eigenvalue weighted by Crippen LogP contribution is -2.40. The van der Waals surface area contributed by atoms with E-state index in [0.717, 1.165) is 12.8 Å². The molecule has 0 bridgehead atoms. The highest BCUT2D eigenvalue weighted by atomic mass is 79.9. The van der Waals surface area contributed by atoms with Crippen molar-refractivity contribution in [1.29, 1.82) is 0 Å². The molecule has 5 nitrogen and oxygen atoms in total. The predicted molar refractivity (Wildman–Crippen MR) is 82.2 cm³/mol. The van der Waals surface area contributed by atoms with Crippen molar-refractivity contribution < 1.29 is 13.9 Å². The molecule has 0 spiro atoms. The van der Waals surface area contributed by atoms with Crippen LogP contribution in [0.4, 0.5) is 9.18 Å². The van der Waals surface area contributed by atoms with Crippen molar-refractivity contribution >= 4 is 22.0 Å². The van der Waals surface area contributed by atoms with Gasteiger partial charge in [0, 0.05) is 36.0 Å². The minimum absolute atomic E-state index is 0.0510. The Morgan fingerprint density at radius 3 is 2.77 bits per heavy atom. The Hall–Kier alpha value is -1.89. The normalized spacial score (nSPS) is 15.8. The molecular formula is C15H15BrFN3O2. The topological polar surface area (TPSA) is 47.4 Å². The van der Waals surface area contributed by atoms with E-state index < -0.39 is 11.9 Å². The first kappa shape index (κ1) is 15.0. The number of hydrogen-bond acceptors (Lipinski definition) is 3. The Balaban J connectivity index is 1.58. The molecule has 0 unspecified atom stereocenters. The van der Waals surface area contributed by atoms with Crippen molar-refractivity contribution in [1.82, 2.24) is 14.5 Å². The molecule has 0 radical (unpaired) electrons. The molecule has 0 saturated carbocycles. The number of rotatable bonds is 2. The molecule has 1 fully saturated rings. The van der Waals surface area contributed by atoms with Crippen LogP contribution in [0.5, 0.6) is 5.75 Å². The number of benzene rings is 1. The Morgan fingerprint density at radius 1 is 1.36 bits per heavy atom. The molecule has 116 valence electrons. The van der Waals surface area contributed by atoms with E-state index in [1.54, 1.807) is 23.5 Å². The molecule has 2 aromatic rings. The van der Waals surface area contributed by atoms with Crippen molar-refractivity contribution in [3.63, 3.8) is 0 Å². The number of piperidine rings is 1. The maximum absolute atomic E-state index is 13.7. The van der Waals surface area contributed by atoms with Gasteiger partial charge in [0.2, 0.25) is 0 Å². The third-order valence-corrected chi connectivity index (χ3v) is 4.25. The minimum atomic E-state index is -0.559. The highest BCUT2D eigenvalue weighted by Crippen LogP contribution is 2.25. The number of imidazole rings is 1. The zero-order valence-electron chi connectivity index (χ0n) is 11.8. The average Bonchev–Trinajstić information content (AvgIpc) is 3.04. The van der Waals surface area contributed by atoms with Crippen molar-refractivity contribution in [2.24, 2.45) is 0 Å². The molecule has 1 amide bonds. The minimum Gasteiger partial charge on any atom is -0.407 e. The monoisotopic (exact) mass is 367 g/mol. The fraction of sp³-hybridized carbons (Fsp3) is 0.333. The number of amides is 1. The number of hydrogen-bond donors (Lipinski definition) is 0. The van der Waals surface area contributed by atoms with Gasteiger partial charge in [-0.1, -0.05) is 15.9 Å². The molecule has 1 aromatic carbocycles. The van der Waals surface area contributed by atoms with Crippen molar-refractivity contribution in [2.75, 3.05) is 13.1 Å². The van der Waals surface area contributed by atoms with Crippen LogP contribution in [0.15, 0.2) is 41.4 Å². The molecule has 2 heterocycles. The first-order valence-electron chi connectivity index (χ1n) is 7.03. The van der Waals surface area contributed by atoms with E-state index >= 15 is 0 Å². The van der Waals surface area contributed by atoms with Gasteiger partial charge in [0.25, 0.3) is 0 Å². The van der Waals surface area contributed by atoms with Crippen molar-refractivity contribution in [3.05, 3.63) is 47.2 Å². The first-order valence-corrected chi connectivity index (χ1v) is 7.82. The van der Waals surface area contributed by atoms with Crippen LogP contribution in [0.1, 0.15) is 18.9 Å². The van der Waals surface area contributed by atoms with Crippen molar-refractivity contribution in [3.8, 4) is 5.75 Å². The van der Waals surface area contributed by atoms with E-state index in [9.17, 15) is 9.18 Å². The predicted octanol–water partition coefficient (Wildman–Crippen LogP) is 3.62. The van der Waals surface area contributed by atoms with Crippen LogP contribution in [0, 0.1) is 5.82 Å². The number of aromatic nitrogens is 2. The molecule has 0 N–H and O–H groups in total. The Bertz CT molecular complexity index is 655. The van der Waals surface area contributed by atoms with Gasteiger partial charge in [-0.2, -0.15) is 0 Å². The standard InChI is InChI=1S/C15H15BrFN3O2/c16-11-1-2-14(13(17)9-11)22-15(21)19-6-3-12(4-7-19)20-8-5-18-10-20/h1-2,5,8-10,12H,3-4,6-7H2. The summed E-state index contributed by atoms with van der Waals surface area (Å²) in [5, 5.41) is 0. The zero-order chi connectivity index (χ0) is 15.5.